The summed E-state index contributed by atoms with van der Waals surface area (Å²) in [5.74, 6) is 5.52. The van der Waals surface area contributed by atoms with Crippen LogP contribution in [0.15, 0.2) is 434 Å². The summed E-state index contributed by atoms with van der Waals surface area (Å²) in [5.41, 5.74) is 28.2. The molecule has 0 aliphatic carbocycles. The van der Waals surface area contributed by atoms with Crippen LogP contribution in [0.1, 0.15) is 44.5 Å². The van der Waals surface area contributed by atoms with Gasteiger partial charge in [0.25, 0.3) is 0 Å². The third-order valence-electron chi connectivity index (χ3n) is 26.8. The number of hydrogen-bond donors (Lipinski definition) is 0. The lowest BCUT2D eigenvalue weighted by molar-refractivity contribution is 0.438. The van der Waals surface area contributed by atoms with E-state index >= 15 is 0 Å². The molecule has 0 bridgehead atoms. The molecule has 18 aromatic carbocycles. The Balaban J connectivity index is 0.000000132. The molecule has 0 N–H and O–H groups in total. The number of benzene rings is 18. The number of aromatic nitrogens is 10. The summed E-state index contributed by atoms with van der Waals surface area (Å²) in [5, 5.41) is 9.78. The molecule has 6 aromatic heterocycles. The number of nitrogens with zero attached hydrogens (tertiary/aromatic N) is 10. The van der Waals surface area contributed by atoms with Gasteiger partial charge in [-0.05, 0) is 143 Å². The smallest absolute Gasteiger partial charge is 0.164 e. The first-order valence-corrected chi connectivity index (χ1v) is 44.2. The van der Waals surface area contributed by atoms with Gasteiger partial charge in [0.05, 0.1) is 66.3 Å². The van der Waals surface area contributed by atoms with E-state index in [2.05, 4.69) is 322 Å². The zero-order valence-electron chi connectivity index (χ0n) is 68.7. The molecular weight excluding hydrogens is 1580 g/mol. The second kappa shape index (κ2) is 27.9. The van der Waals surface area contributed by atoms with E-state index < -0.39 is 10.8 Å². The number of fused-ring (bicyclic) bond motifs is 29. The predicted molar refractivity (Wildman–Crippen MR) is 518 cm³/mol. The van der Waals surface area contributed by atoms with Crippen LogP contribution < -0.4 is 4.74 Å². The van der Waals surface area contributed by atoms with Crippen molar-refractivity contribution in [3.63, 3.8) is 0 Å². The maximum Gasteiger partial charge on any atom is 0.164 e. The lowest BCUT2D eigenvalue weighted by atomic mass is 9.61. The van der Waals surface area contributed by atoms with Crippen LogP contribution in [0, 0.1) is 0 Å². The molecule has 2 unspecified atom stereocenters. The Hall–Kier alpha value is -16.7. The van der Waals surface area contributed by atoms with Gasteiger partial charge >= 0.3 is 0 Å². The first-order chi connectivity index (χ1) is 63.5. The summed E-state index contributed by atoms with van der Waals surface area (Å²) < 4.78 is 17.1. The van der Waals surface area contributed by atoms with E-state index in [4.69, 9.17) is 34.6 Å². The van der Waals surface area contributed by atoms with E-state index in [0.29, 0.717) is 34.9 Å². The molecule has 4 aliphatic rings. The average molecular weight is 1650 g/mol. The van der Waals surface area contributed by atoms with E-state index in [1.54, 1.807) is 0 Å². The van der Waals surface area contributed by atoms with Gasteiger partial charge in [-0.3, -0.25) is 0 Å². The molecule has 4 aliphatic heterocycles. The Morgan fingerprint density at radius 2 is 0.547 bits per heavy atom. The highest BCUT2D eigenvalue weighted by atomic mass is 32.2. The maximum atomic E-state index is 7.32. The molecule has 24 aromatic rings. The average Bonchev–Trinajstić information content (AvgIpc) is 1.37. The van der Waals surface area contributed by atoms with Crippen LogP contribution in [0.25, 0.3) is 178 Å². The normalized spacial score (nSPS) is 14.8. The van der Waals surface area contributed by atoms with Crippen LogP contribution in [0.3, 0.4) is 0 Å². The van der Waals surface area contributed by atoms with Gasteiger partial charge in [0.1, 0.15) is 5.75 Å². The van der Waals surface area contributed by atoms with Crippen LogP contribution in [-0.2, 0) is 10.8 Å². The van der Waals surface area contributed by atoms with Crippen molar-refractivity contribution < 1.29 is 4.74 Å². The molecule has 0 radical (unpaired) electrons. The molecular formula is C116H70N10OS. The summed E-state index contributed by atoms with van der Waals surface area (Å²) in [6.45, 7) is 0. The molecule has 0 amide bonds. The topological polar surface area (TPSA) is 106 Å². The summed E-state index contributed by atoms with van der Waals surface area (Å²) in [4.78, 5) is 32.5. The molecule has 11 nitrogen and oxygen atoms in total. The molecule has 2 atom stereocenters. The minimum absolute atomic E-state index is 0.557. The highest BCUT2D eigenvalue weighted by Crippen LogP contribution is 2.64. The van der Waals surface area contributed by atoms with E-state index in [0.717, 1.165) is 94.7 Å². The zero-order valence-corrected chi connectivity index (χ0v) is 69.5. The van der Waals surface area contributed by atoms with Gasteiger partial charge in [-0.25, -0.2) is 29.9 Å². The van der Waals surface area contributed by atoms with Gasteiger partial charge in [0, 0.05) is 109 Å². The molecule has 0 saturated heterocycles. The summed E-state index contributed by atoms with van der Waals surface area (Å²) in [7, 11) is 0. The Bertz CT molecular complexity index is 8650. The van der Waals surface area contributed by atoms with E-state index in [9.17, 15) is 0 Å². The van der Waals surface area contributed by atoms with Crippen LogP contribution in [0.5, 0.6) is 11.5 Å². The van der Waals surface area contributed by atoms with Crippen molar-refractivity contribution in [2.24, 2.45) is 0 Å². The standard InChI is InChI=1S/C58H35N5O.C58H35N5S/c1-3-16-36(17-4-1)55-59-56(37-18-5-2-6-19-37)61-57(60-55)38-30-32-39(33-31-38)62-48-26-11-7-21-41(48)43-34-35-47-54(53(43)62)64-51-29-14-10-24-45(51)58(47)44-23-9-13-28-50(44)63-49-27-12-8-20-40(49)42-22-15-25-46(58)52(42)63;1-3-16-36(17-4-1)55-59-56(37-18-5-2-6-19-37)61-57(60-55)38-30-32-39(33-31-38)62-48-26-11-8-21-41(48)43-34-47-53(35-51(43)62)64-52-29-14-10-24-45(52)58(47)44-23-9-13-28-50(44)63-49-27-12-7-20-40(49)42-22-15-25-46(58)54(42)63/h2*1-35H. The van der Waals surface area contributed by atoms with Crippen molar-refractivity contribution in [1.82, 2.24) is 48.2 Å². The van der Waals surface area contributed by atoms with Crippen molar-refractivity contribution in [2.75, 3.05) is 0 Å². The van der Waals surface area contributed by atoms with Gasteiger partial charge in [0.2, 0.25) is 0 Å². The molecule has 0 saturated carbocycles. The van der Waals surface area contributed by atoms with Crippen LogP contribution >= 0.6 is 11.8 Å². The quantitative estimate of drug-likeness (QED) is 0.148. The van der Waals surface area contributed by atoms with Gasteiger partial charge < -0.3 is 23.0 Å². The van der Waals surface area contributed by atoms with Crippen LogP contribution in [0.2, 0.25) is 0 Å². The van der Waals surface area contributed by atoms with Gasteiger partial charge in [-0.15, -0.1) is 0 Å². The fraction of sp³-hybridized carbons (Fsp3) is 0.0172. The summed E-state index contributed by atoms with van der Waals surface area (Å²) in [6.07, 6.45) is 0. The highest BCUT2D eigenvalue weighted by Gasteiger charge is 2.53. The predicted octanol–water partition coefficient (Wildman–Crippen LogP) is 28.1. The minimum atomic E-state index is -0.685. The molecule has 28 rings (SSSR count). The van der Waals surface area contributed by atoms with Crippen molar-refractivity contribution >= 4 is 99.0 Å². The largest absolute Gasteiger partial charge is 0.454 e. The fourth-order valence-corrected chi connectivity index (χ4v) is 22.8. The molecule has 12 heteroatoms. The third kappa shape index (κ3) is 10.3. The van der Waals surface area contributed by atoms with E-state index in [-0.39, 0.29) is 0 Å². The Morgan fingerprint density at radius 1 is 0.203 bits per heavy atom. The first-order valence-electron chi connectivity index (χ1n) is 43.4. The zero-order chi connectivity index (χ0) is 83.9. The highest BCUT2D eigenvalue weighted by molar-refractivity contribution is 7.99. The number of hydrogen-bond acceptors (Lipinski definition) is 8. The second-order valence-electron chi connectivity index (χ2n) is 33.4. The molecule has 10 heterocycles. The molecule has 0 fully saturated rings. The van der Waals surface area contributed by atoms with Gasteiger partial charge in [-0.2, -0.15) is 0 Å². The van der Waals surface area contributed by atoms with Gasteiger partial charge in [0.15, 0.2) is 40.7 Å². The number of rotatable bonds is 8. The second-order valence-corrected chi connectivity index (χ2v) is 34.5. The first kappa shape index (κ1) is 71.9. The molecule has 596 valence electrons. The Kier molecular flexibility index (Phi) is 15.7. The number of para-hydroxylation sites is 9. The van der Waals surface area contributed by atoms with Gasteiger partial charge in [-0.1, -0.05) is 327 Å². The summed E-state index contributed by atoms with van der Waals surface area (Å²) >= 11 is 1.89. The lowest BCUT2D eigenvalue weighted by Crippen LogP contribution is -2.37. The monoisotopic (exact) mass is 1650 g/mol. The maximum absolute atomic E-state index is 7.32. The third-order valence-corrected chi connectivity index (χ3v) is 28.0. The fourth-order valence-electron chi connectivity index (χ4n) is 21.6. The minimum Gasteiger partial charge on any atom is -0.454 e. The summed E-state index contributed by atoms with van der Waals surface area (Å²) in [6, 6.07) is 152. The Morgan fingerprint density at radius 3 is 1.02 bits per heavy atom. The van der Waals surface area contributed by atoms with E-state index in [1.165, 1.54) is 114 Å². The van der Waals surface area contributed by atoms with E-state index in [1.807, 2.05) is 133 Å². The van der Waals surface area contributed by atoms with Crippen LogP contribution in [-0.4, -0.2) is 48.2 Å². The van der Waals surface area contributed by atoms with Crippen molar-refractivity contribution in [3.05, 3.63) is 469 Å². The van der Waals surface area contributed by atoms with Crippen LogP contribution in [0.4, 0.5) is 0 Å². The Labute approximate surface area is 739 Å². The number of ether oxygens (including phenoxy) is 1. The van der Waals surface area contributed by atoms with Crippen molar-refractivity contribution in [1.29, 1.82) is 0 Å². The molecule has 128 heavy (non-hydrogen) atoms. The van der Waals surface area contributed by atoms with Crippen molar-refractivity contribution in [3.8, 4) is 103 Å². The SMILES string of the molecule is c1ccc(-c2nc(-c3ccccc3)nc(-c3ccc(-n4c5ccccc5c5cc6c(cc54)Sc4ccccc4C64c5ccccc5-n5c6ccccc6c6cccc4c65)cc3)n2)cc1.c1ccc(-c2nc(-c3ccccc3)nc(-c3ccc(-n4c5ccccc5c5ccc6c(c54)Oc4ccccc4C64c5ccccc5-n5c6ccccc6c6cccc4c65)cc3)n2)cc1. The lowest BCUT2D eigenvalue weighted by Gasteiger charge is -2.45. The van der Waals surface area contributed by atoms with Crippen molar-refractivity contribution in [2.45, 2.75) is 20.6 Å². The molecule has 2 spiro atoms.